The lowest BCUT2D eigenvalue weighted by Gasteiger charge is -2.08. The van der Waals surface area contributed by atoms with E-state index in [1.807, 2.05) is 55.5 Å². The van der Waals surface area contributed by atoms with Crippen LogP contribution in [-0.4, -0.2) is 31.7 Å². The van der Waals surface area contributed by atoms with Crippen LogP contribution in [0.5, 0.6) is 0 Å². The van der Waals surface area contributed by atoms with Gasteiger partial charge in [0, 0.05) is 24.7 Å². The summed E-state index contributed by atoms with van der Waals surface area (Å²) in [6, 6.07) is 24.7. The largest absolute Gasteiger partial charge is 0.338 e. The lowest BCUT2D eigenvalue weighted by atomic mass is 10.0. The van der Waals surface area contributed by atoms with Crippen molar-refractivity contribution in [1.29, 1.82) is 0 Å². The third kappa shape index (κ3) is 5.48. The van der Waals surface area contributed by atoms with Crippen molar-refractivity contribution in [2.75, 3.05) is 6.54 Å². The zero-order valence-corrected chi connectivity index (χ0v) is 22.7. The summed E-state index contributed by atoms with van der Waals surface area (Å²) in [5, 5.41) is 12.1. The number of allylic oxidation sites excluding steroid dienone is 3. The fourth-order valence-corrected chi connectivity index (χ4v) is 4.92. The molecule has 0 amide bonds. The fraction of sp³-hybridized carbons (Fsp3) is 0.0882. The number of hydrogen-bond donors (Lipinski definition) is 3. The van der Waals surface area contributed by atoms with Crippen LogP contribution in [0.4, 0.5) is 4.39 Å². The molecule has 0 aliphatic rings. The predicted octanol–water partition coefficient (Wildman–Crippen LogP) is 7.61. The van der Waals surface area contributed by atoms with Gasteiger partial charge in [-0.3, -0.25) is 5.10 Å². The molecule has 6 aromatic rings. The summed E-state index contributed by atoms with van der Waals surface area (Å²) in [5.41, 5.74) is 9.84. The third-order valence-corrected chi connectivity index (χ3v) is 7.06. The van der Waals surface area contributed by atoms with E-state index in [4.69, 9.17) is 4.98 Å². The number of rotatable bonds is 9. The number of pyridine rings is 2. The smallest absolute Gasteiger partial charge is 0.138 e. The number of H-pyrrole nitrogens is 2. The molecule has 0 saturated carbocycles. The maximum Gasteiger partial charge on any atom is 0.138 e. The van der Waals surface area contributed by atoms with Gasteiger partial charge >= 0.3 is 0 Å². The summed E-state index contributed by atoms with van der Waals surface area (Å²) in [6.07, 6.45) is 7.79. The Hall–Kier alpha value is -5.14. The zero-order valence-electron chi connectivity index (χ0n) is 22.7. The van der Waals surface area contributed by atoms with Crippen molar-refractivity contribution in [2.45, 2.75) is 13.5 Å². The summed E-state index contributed by atoms with van der Waals surface area (Å²) >= 11 is 0. The predicted molar refractivity (Wildman–Crippen MR) is 164 cm³/mol. The average Bonchev–Trinajstić information content (AvgIpc) is 3.64. The van der Waals surface area contributed by atoms with Gasteiger partial charge in [0.25, 0.3) is 0 Å². The number of fused-ring (bicyclic) bond motifs is 2. The second-order valence-corrected chi connectivity index (χ2v) is 9.73. The van der Waals surface area contributed by atoms with Crippen LogP contribution < -0.4 is 5.32 Å². The average molecular weight is 541 g/mol. The van der Waals surface area contributed by atoms with Gasteiger partial charge in [0.2, 0.25) is 0 Å². The Balaban J connectivity index is 1.30. The molecular weight excluding hydrogens is 511 g/mol. The molecule has 3 N–H and O–H groups in total. The molecule has 41 heavy (non-hydrogen) atoms. The molecule has 6 nitrogen and oxygen atoms in total. The van der Waals surface area contributed by atoms with Crippen molar-refractivity contribution < 1.29 is 4.39 Å². The van der Waals surface area contributed by atoms with Gasteiger partial charge < -0.3 is 10.3 Å². The molecule has 7 heteroatoms. The highest BCUT2D eigenvalue weighted by Crippen LogP contribution is 2.33. The van der Waals surface area contributed by atoms with Crippen molar-refractivity contribution in [3.63, 3.8) is 0 Å². The van der Waals surface area contributed by atoms with E-state index in [0.717, 1.165) is 62.3 Å². The number of hydrogen-bond acceptors (Lipinski definition) is 4. The van der Waals surface area contributed by atoms with Gasteiger partial charge in [-0.15, -0.1) is 0 Å². The van der Waals surface area contributed by atoms with E-state index in [9.17, 15) is 4.39 Å². The van der Waals surface area contributed by atoms with Crippen LogP contribution in [0.3, 0.4) is 0 Å². The Kier molecular flexibility index (Phi) is 7.34. The van der Waals surface area contributed by atoms with Gasteiger partial charge in [0.1, 0.15) is 22.7 Å². The Bertz CT molecular complexity index is 1900. The second kappa shape index (κ2) is 11.5. The van der Waals surface area contributed by atoms with Crippen LogP contribution in [-0.2, 0) is 6.54 Å². The maximum absolute atomic E-state index is 13.5. The van der Waals surface area contributed by atoms with E-state index in [2.05, 4.69) is 56.3 Å². The van der Waals surface area contributed by atoms with Crippen molar-refractivity contribution in [3.05, 3.63) is 133 Å². The van der Waals surface area contributed by atoms with E-state index < -0.39 is 0 Å². The molecule has 4 aromatic heterocycles. The SMILES string of the molecule is C=C/C(=C\C(=C/C)c1ccc2[nH]nc(-c3cc4c(-c5ccc(F)cc5)ccnc4[nH]3)c2n1)CNCc1ccccc1. The molecular formula is C34H29FN6. The lowest BCUT2D eigenvalue weighted by Crippen LogP contribution is -2.16. The monoisotopic (exact) mass is 540 g/mol. The summed E-state index contributed by atoms with van der Waals surface area (Å²) in [6.45, 7) is 7.49. The molecule has 0 atom stereocenters. The Labute approximate surface area is 237 Å². The summed E-state index contributed by atoms with van der Waals surface area (Å²) in [5.74, 6) is -0.266. The number of halogens is 1. The van der Waals surface area contributed by atoms with Crippen LogP contribution in [0.1, 0.15) is 18.2 Å². The minimum absolute atomic E-state index is 0.266. The molecule has 0 bridgehead atoms. The molecule has 0 saturated heterocycles. The summed E-state index contributed by atoms with van der Waals surface area (Å²) in [4.78, 5) is 12.9. The standard InChI is InChI=1S/C34H29FN6/c1-3-22(20-36-21-23-8-6-5-7-9-23)18-24(4-2)29-14-15-30-32(38-29)33(41-40-30)31-19-28-27(16-17-37-34(28)39-31)25-10-12-26(35)13-11-25/h3-19,36H,1,20-21H2,2H3,(H,37,39)(H,40,41)/b22-18+,24-4+. The quantitative estimate of drug-likeness (QED) is 0.165. The first-order valence-electron chi connectivity index (χ1n) is 13.5. The normalized spacial score (nSPS) is 12.3. The molecule has 2 aromatic carbocycles. The number of aromatic nitrogens is 5. The molecule has 0 aliphatic heterocycles. The van der Waals surface area contributed by atoms with Gasteiger partial charge in [-0.25, -0.2) is 14.4 Å². The van der Waals surface area contributed by atoms with Crippen molar-refractivity contribution in [2.24, 2.45) is 0 Å². The highest BCUT2D eigenvalue weighted by Gasteiger charge is 2.16. The molecule has 202 valence electrons. The van der Waals surface area contributed by atoms with Crippen LogP contribution in [0.15, 0.2) is 115 Å². The fourth-order valence-electron chi connectivity index (χ4n) is 4.92. The minimum Gasteiger partial charge on any atom is -0.338 e. The number of nitrogens with zero attached hydrogens (tertiary/aromatic N) is 3. The Morgan fingerprint density at radius 1 is 1.02 bits per heavy atom. The highest BCUT2D eigenvalue weighted by atomic mass is 19.1. The molecule has 0 spiro atoms. The number of nitrogens with one attached hydrogen (secondary N) is 3. The van der Waals surface area contributed by atoms with Gasteiger partial charge in [0.15, 0.2) is 0 Å². The summed E-state index contributed by atoms with van der Waals surface area (Å²) in [7, 11) is 0. The molecule has 0 unspecified atom stereocenters. The van der Waals surface area contributed by atoms with Crippen LogP contribution >= 0.6 is 0 Å². The number of aromatic amines is 2. The van der Waals surface area contributed by atoms with Crippen molar-refractivity contribution >= 4 is 27.6 Å². The molecule has 4 heterocycles. The van der Waals surface area contributed by atoms with E-state index >= 15 is 0 Å². The highest BCUT2D eigenvalue weighted by molar-refractivity contribution is 5.99. The van der Waals surface area contributed by atoms with Gasteiger partial charge in [-0.05, 0) is 77.2 Å². The molecule has 0 radical (unpaired) electrons. The molecule has 6 rings (SSSR count). The van der Waals surface area contributed by atoms with Crippen molar-refractivity contribution in [3.8, 4) is 22.5 Å². The second-order valence-electron chi connectivity index (χ2n) is 9.73. The van der Waals surface area contributed by atoms with E-state index in [1.165, 1.54) is 17.7 Å². The van der Waals surface area contributed by atoms with Crippen LogP contribution in [0.2, 0.25) is 0 Å². The van der Waals surface area contributed by atoms with E-state index in [-0.39, 0.29) is 5.82 Å². The Morgan fingerprint density at radius 2 is 1.85 bits per heavy atom. The van der Waals surface area contributed by atoms with Crippen LogP contribution in [0, 0.1) is 5.82 Å². The zero-order chi connectivity index (χ0) is 28.2. The topological polar surface area (TPSA) is 82.3 Å². The number of benzene rings is 2. The molecule has 0 aliphatic carbocycles. The maximum atomic E-state index is 13.5. The lowest BCUT2D eigenvalue weighted by molar-refractivity contribution is 0.628. The first-order chi connectivity index (χ1) is 20.1. The summed E-state index contributed by atoms with van der Waals surface area (Å²) < 4.78 is 13.5. The first-order valence-corrected chi connectivity index (χ1v) is 13.5. The van der Waals surface area contributed by atoms with Gasteiger partial charge in [-0.1, -0.05) is 61.2 Å². The van der Waals surface area contributed by atoms with Gasteiger partial charge in [0.05, 0.1) is 16.9 Å². The Morgan fingerprint density at radius 3 is 2.63 bits per heavy atom. The first kappa shape index (κ1) is 26.1. The molecule has 0 fully saturated rings. The van der Waals surface area contributed by atoms with E-state index in [1.54, 1.807) is 18.3 Å². The van der Waals surface area contributed by atoms with Crippen LogP contribution in [0.25, 0.3) is 50.2 Å². The van der Waals surface area contributed by atoms with Crippen molar-refractivity contribution in [1.82, 2.24) is 30.5 Å². The minimum atomic E-state index is -0.266. The van der Waals surface area contributed by atoms with Gasteiger partial charge in [-0.2, -0.15) is 5.10 Å². The third-order valence-electron chi connectivity index (χ3n) is 7.06. The van der Waals surface area contributed by atoms with E-state index in [0.29, 0.717) is 12.2 Å².